The van der Waals surface area contributed by atoms with E-state index in [4.69, 9.17) is 0 Å². The number of hydrogen-bond donors (Lipinski definition) is 0. The van der Waals surface area contributed by atoms with E-state index >= 15 is 0 Å². The summed E-state index contributed by atoms with van der Waals surface area (Å²) in [6.45, 7) is 5.50. The molecular formula is C15H26N4O2S. The molecule has 3 rings (SSSR count). The second-order valence-corrected chi connectivity index (χ2v) is 8.71. The van der Waals surface area contributed by atoms with Crippen LogP contribution in [0.2, 0.25) is 0 Å². The van der Waals surface area contributed by atoms with Crippen molar-refractivity contribution in [2.45, 2.75) is 38.1 Å². The van der Waals surface area contributed by atoms with Crippen LogP contribution in [0.3, 0.4) is 0 Å². The third-order valence-corrected chi connectivity index (χ3v) is 6.33. The first-order chi connectivity index (χ1) is 10.3. The summed E-state index contributed by atoms with van der Waals surface area (Å²) in [5.74, 6) is 1.69. The van der Waals surface area contributed by atoms with Gasteiger partial charge in [0.15, 0.2) is 0 Å². The summed E-state index contributed by atoms with van der Waals surface area (Å²) < 4.78 is 26.9. The molecule has 2 fully saturated rings. The van der Waals surface area contributed by atoms with Gasteiger partial charge in [-0.3, -0.25) is 4.90 Å². The van der Waals surface area contributed by atoms with Crippen LogP contribution in [0, 0.1) is 6.92 Å². The molecule has 0 saturated carbocycles. The molecule has 0 N–H and O–H groups in total. The van der Waals surface area contributed by atoms with Crippen molar-refractivity contribution in [3.05, 3.63) is 17.7 Å². The van der Waals surface area contributed by atoms with Gasteiger partial charge in [-0.25, -0.2) is 17.7 Å². The molecule has 1 atom stereocenters. The van der Waals surface area contributed by atoms with Gasteiger partial charge in [0.1, 0.15) is 5.82 Å². The predicted molar refractivity (Wildman–Crippen MR) is 86.3 cm³/mol. The first kappa shape index (κ1) is 16.0. The van der Waals surface area contributed by atoms with E-state index in [1.54, 1.807) is 4.31 Å². The molecule has 2 aliphatic heterocycles. The number of aromatic nitrogens is 2. The number of piperidine rings is 1. The minimum Gasteiger partial charge on any atom is -0.337 e. The highest BCUT2D eigenvalue weighted by Gasteiger charge is 2.34. The number of aryl methyl sites for hydroxylation is 2. The molecule has 0 aliphatic carbocycles. The van der Waals surface area contributed by atoms with Crippen LogP contribution in [0.25, 0.3) is 0 Å². The zero-order chi connectivity index (χ0) is 15.9. The molecular weight excluding hydrogens is 300 g/mol. The van der Waals surface area contributed by atoms with Gasteiger partial charge in [-0.15, -0.1) is 0 Å². The van der Waals surface area contributed by atoms with Crippen LogP contribution in [0.1, 0.15) is 36.7 Å². The fraction of sp³-hybridized carbons (Fsp3) is 0.800. The Morgan fingerprint density at radius 1 is 1.18 bits per heavy atom. The summed E-state index contributed by atoms with van der Waals surface area (Å²) in [6, 6.07) is 0.518. The summed E-state index contributed by atoms with van der Waals surface area (Å²) in [4.78, 5) is 7.20. The van der Waals surface area contributed by atoms with E-state index in [-0.39, 0.29) is 0 Å². The van der Waals surface area contributed by atoms with E-state index < -0.39 is 10.0 Å². The lowest BCUT2D eigenvalue weighted by Crippen LogP contribution is -2.45. The average molecular weight is 326 g/mol. The first-order valence-electron chi connectivity index (χ1n) is 8.03. The third-order valence-electron chi connectivity index (χ3n) is 5.03. The molecule has 0 amide bonds. The summed E-state index contributed by atoms with van der Waals surface area (Å²) in [5, 5.41) is 0. The van der Waals surface area contributed by atoms with Gasteiger partial charge >= 0.3 is 0 Å². The average Bonchev–Trinajstić information content (AvgIpc) is 3.04. The molecule has 7 heteroatoms. The van der Waals surface area contributed by atoms with Gasteiger partial charge in [-0.2, -0.15) is 0 Å². The lowest BCUT2D eigenvalue weighted by atomic mass is 10.1. The van der Waals surface area contributed by atoms with Crippen molar-refractivity contribution in [1.29, 1.82) is 0 Å². The maximum atomic E-state index is 11.6. The Balaban J connectivity index is 1.59. The quantitative estimate of drug-likeness (QED) is 0.829. The standard InChI is InChI=1S/C15H26N4O2S/c1-12-10-17(2)15(16-12)13-4-7-18(11-13)14-5-8-19(9-6-14)22(3,20)21/h10,13-14H,4-9,11H2,1-3H3/t13-/m1/s1. The number of imidazole rings is 1. The number of rotatable bonds is 3. The van der Waals surface area contributed by atoms with Gasteiger partial charge in [0, 0.05) is 44.8 Å². The van der Waals surface area contributed by atoms with E-state index in [1.807, 2.05) is 6.92 Å². The van der Waals surface area contributed by atoms with Crippen molar-refractivity contribution >= 4 is 10.0 Å². The zero-order valence-corrected chi connectivity index (χ0v) is 14.5. The Morgan fingerprint density at radius 2 is 1.86 bits per heavy atom. The molecule has 0 aromatic carbocycles. The molecule has 0 unspecified atom stereocenters. The highest BCUT2D eigenvalue weighted by molar-refractivity contribution is 7.88. The summed E-state index contributed by atoms with van der Waals surface area (Å²) in [6.07, 6.45) is 6.43. The Kier molecular flexibility index (Phi) is 4.31. The molecule has 2 saturated heterocycles. The van der Waals surface area contributed by atoms with Crippen LogP contribution < -0.4 is 0 Å². The molecule has 1 aromatic heterocycles. The summed E-state index contributed by atoms with van der Waals surface area (Å²) in [7, 11) is -0.956. The SMILES string of the molecule is Cc1cn(C)c([C@@H]2CCN(C3CCN(S(C)(=O)=O)CC3)C2)n1. The normalized spacial score (nSPS) is 25.9. The van der Waals surface area contributed by atoms with Gasteiger partial charge in [-0.1, -0.05) is 0 Å². The van der Waals surface area contributed by atoms with Gasteiger partial charge in [-0.05, 0) is 32.7 Å². The van der Waals surface area contributed by atoms with E-state index in [2.05, 4.69) is 27.7 Å². The van der Waals surface area contributed by atoms with Crippen LogP contribution in [-0.2, 0) is 17.1 Å². The van der Waals surface area contributed by atoms with Crippen LogP contribution >= 0.6 is 0 Å². The molecule has 0 radical (unpaired) electrons. The van der Waals surface area contributed by atoms with Gasteiger partial charge < -0.3 is 4.57 Å². The molecule has 22 heavy (non-hydrogen) atoms. The van der Waals surface area contributed by atoms with E-state index in [9.17, 15) is 8.42 Å². The maximum Gasteiger partial charge on any atom is 0.211 e. The fourth-order valence-corrected chi connectivity index (χ4v) is 4.76. The summed E-state index contributed by atoms with van der Waals surface area (Å²) in [5.41, 5.74) is 1.08. The van der Waals surface area contributed by atoms with Crippen LogP contribution in [-0.4, -0.2) is 65.7 Å². The van der Waals surface area contributed by atoms with E-state index in [0.717, 1.165) is 38.0 Å². The Bertz CT molecular complexity index is 632. The zero-order valence-electron chi connectivity index (χ0n) is 13.7. The molecule has 1 aromatic rings. The van der Waals surface area contributed by atoms with Crippen molar-refractivity contribution < 1.29 is 8.42 Å². The van der Waals surface area contributed by atoms with E-state index in [0.29, 0.717) is 25.0 Å². The monoisotopic (exact) mass is 326 g/mol. The van der Waals surface area contributed by atoms with Gasteiger partial charge in [0.05, 0.1) is 11.9 Å². The molecule has 0 bridgehead atoms. The Hall–Kier alpha value is -0.920. The lowest BCUT2D eigenvalue weighted by Gasteiger charge is -2.35. The van der Waals surface area contributed by atoms with Crippen LogP contribution in [0.4, 0.5) is 0 Å². The molecule has 3 heterocycles. The topological polar surface area (TPSA) is 58.4 Å². The van der Waals surface area contributed by atoms with Crippen LogP contribution in [0.15, 0.2) is 6.20 Å². The highest BCUT2D eigenvalue weighted by Crippen LogP contribution is 2.30. The molecule has 2 aliphatic rings. The second kappa shape index (κ2) is 5.94. The minimum absolute atomic E-state index is 0.506. The Morgan fingerprint density at radius 3 is 2.41 bits per heavy atom. The van der Waals surface area contributed by atoms with Crippen LogP contribution in [0.5, 0.6) is 0 Å². The lowest BCUT2D eigenvalue weighted by molar-refractivity contribution is 0.166. The van der Waals surface area contributed by atoms with Gasteiger partial charge in [0.25, 0.3) is 0 Å². The number of likely N-dealkylation sites (tertiary alicyclic amines) is 1. The highest BCUT2D eigenvalue weighted by atomic mass is 32.2. The van der Waals surface area contributed by atoms with Crippen molar-refractivity contribution in [2.24, 2.45) is 7.05 Å². The van der Waals surface area contributed by atoms with Crippen molar-refractivity contribution in [3.8, 4) is 0 Å². The second-order valence-electron chi connectivity index (χ2n) is 6.73. The summed E-state index contributed by atoms with van der Waals surface area (Å²) >= 11 is 0. The number of hydrogen-bond acceptors (Lipinski definition) is 4. The minimum atomic E-state index is -3.03. The Labute approximate surface area is 133 Å². The third kappa shape index (κ3) is 3.21. The largest absolute Gasteiger partial charge is 0.337 e. The van der Waals surface area contributed by atoms with Crippen molar-refractivity contribution in [1.82, 2.24) is 18.8 Å². The molecule has 6 nitrogen and oxygen atoms in total. The van der Waals surface area contributed by atoms with Crippen molar-refractivity contribution in [3.63, 3.8) is 0 Å². The molecule has 0 spiro atoms. The molecule has 124 valence electrons. The van der Waals surface area contributed by atoms with Crippen molar-refractivity contribution in [2.75, 3.05) is 32.4 Å². The fourth-order valence-electron chi connectivity index (χ4n) is 3.88. The first-order valence-corrected chi connectivity index (χ1v) is 9.88. The van der Waals surface area contributed by atoms with Gasteiger partial charge in [0.2, 0.25) is 10.0 Å². The maximum absolute atomic E-state index is 11.6. The predicted octanol–water partition coefficient (Wildman–Crippen LogP) is 0.942. The number of nitrogens with zero attached hydrogens (tertiary/aromatic N) is 4. The number of sulfonamides is 1. The smallest absolute Gasteiger partial charge is 0.211 e. The van der Waals surface area contributed by atoms with E-state index in [1.165, 1.54) is 12.1 Å².